The number of nitrogens with one attached hydrogen (secondary N) is 1. The van der Waals surface area contributed by atoms with Gasteiger partial charge in [0.05, 0.1) is 0 Å². The number of benzene rings is 1. The Morgan fingerprint density at radius 2 is 2.00 bits per heavy atom. The highest BCUT2D eigenvalue weighted by molar-refractivity contribution is 7.09. The molecule has 0 spiro atoms. The maximum atomic E-state index is 5.79. The standard InChI is InChI=1S/C13H14ClNOS/c14-11-3-5-12(6-4-11)16-8-7-15-10-13-2-1-9-17-13/h1-6,9,15H,7-8,10H2. The summed E-state index contributed by atoms with van der Waals surface area (Å²) in [4.78, 5) is 1.34. The topological polar surface area (TPSA) is 21.3 Å². The van der Waals surface area contributed by atoms with Crippen molar-refractivity contribution in [1.82, 2.24) is 5.32 Å². The molecule has 0 saturated carbocycles. The van der Waals surface area contributed by atoms with Crippen LogP contribution in [0.25, 0.3) is 0 Å². The van der Waals surface area contributed by atoms with Gasteiger partial charge in [0.25, 0.3) is 0 Å². The Bertz CT molecular complexity index is 427. The van der Waals surface area contributed by atoms with E-state index in [1.165, 1.54) is 4.88 Å². The van der Waals surface area contributed by atoms with Crippen LogP contribution in [0, 0.1) is 0 Å². The molecule has 0 unspecified atom stereocenters. The van der Waals surface area contributed by atoms with Crippen LogP contribution in [0.4, 0.5) is 0 Å². The van der Waals surface area contributed by atoms with Crippen LogP contribution in [0.2, 0.25) is 5.02 Å². The second kappa shape index (κ2) is 6.64. The highest BCUT2D eigenvalue weighted by atomic mass is 35.5. The van der Waals surface area contributed by atoms with E-state index in [0.717, 1.165) is 23.9 Å². The van der Waals surface area contributed by atoms with Gasteiger partial charge in [0, 0.05) is 23.0 Å². The van der Waals surface area contributed by atoms with Crippen molar-refractivity contribution in [3.8, 4) is 5.75 Å². The van der Waals surface area contributed by atoms with Crippen LogP contribution >= 0.6 is 22.9 Å². The monoisotopic (exact) mass is 267 g/mol. The summed E-state index contributed by atoms with van der Waals surface area (Å²) >= 11 is 7.55. The molecule has 0 radical (unpaired) electrons. The lowest BCUT2D eigenvalue weighted by atomic mass is 10.3. The van der Waals surface area contributed by atoms with E-state index in [4.69, 9.17) is 16.3 Å². The van der Waals surface area contributed by atoms with E-state index in [9.17, 15) is 0 Å². The van der Waals surface area contributed by atoms with Gasteiger partial charge in [0.2, 0.25) is 0 Å². The number of thiophene rings is 1. The molecule has 2 nitrogen and oxygen atoms in total. The van der Waals surface area contributed by atoms with Crippen LogP contribution in [0.3, 0.4) is 0 Å². The first kappa shape index (κ1) is 12.4. The molecule has 1 aromatic heterocycles. The van der Waals surface area contributed by atoms with E-state index < -0.39 is 0 Å². The van der Waals surface area contributed by atoms with Crippen LogP contribution in [0.15, 0.2) is 41.8 Å². The normalized spacial score (nSPS) is 10.4. The van der Waals surface area contributed by atoms with Crippen molar-refractivity contribution in [2.24, 2.45) is 0 Å². The van der Waals surface area contributed by atoms with Gasteiger partial charge < -0.3 is 10.1 Å². The van der Waals surface area contributed by atoms with E-state index in [1.807, 2.05) is 24.3 Å². The van der Waals surface area contributed by atoms with E-state index in [0.29, 0.717) is 6.61 Å². The predicted molar refractivity (Wildman–Crippen MR) is 73.0 cm³/mol. The molecule has 90 valence electrons. The Morgan fingerprint density at radius 1 is 1.18 bits per heavy atom. The molecule has 0 amide bonds. The van der Waals surface area contributed by atoms with Crippen molar-refractivity contribution >= 4 is 22.9 Å². The highest BCUT2D eigenvalue weighted by Gasteiger charge is 1.95. The minimum absolute atomic E-state index is 0.660. The summed E-state index contributed by atoms with van der Waals surface area (Å²) in [7, 11) is 0. The second-order valence-corrected chi connectivity index (χ2v) is 5.03. The molecule has 1 aromatic carbocycles. The molecule has 0 aliphatic rings. The molecule has 0 fully saturated rings. The maximum absolute atomic E-state index is 5.79. The number of ether oxygens (including phenoxy) is 1. The summed E-state index contributed by atoms with van der Waals surface area (Å²) in [5.74, 6) is 0.854. The van der Waals surface area contributed by atoms with Crippen molar-refractivity contribution in [3.63, 3.8) is 0 Å². The average molecular weight is 268 g/mol. The van der Waals surface area contributed by atoms with Gasteiger partial charge in [-0.05, 0) is 35.7 Å². The summed E-state index contributed by atoms with van der Waals surface area (Å²) in [5.41, 5.74) is 0. The van der Waals surface area contributed by atoms with Crippen molar-refractivity contribution in [1.29, 1.82) is 0 Å². The molecule has 17 heavy (non-hydrogen) atoms. The zero-order valence-electron chi connectivity index (χ0n) is 9.36. The molecule has 1 heterocycles. The summed E-state index contributed by atoms with van der Waals surface area (Å²) < 4.78 is 5.56. The lowest BCUT2D eigenvalue weighted by Gasteiger charge is -2.06. The second-order valence-electron chi connectivity index (χ2n) is 3.56. The Kier molecular flexibility index (Phi) is 4.86. The number of rotatable bonds is 6. The molecular weight excluding hydrogens is 254 g/mol. The van der Waals surface area contributed by atoms with Crippen molar-refractivity contribution in [2.45, 2.75) is 6.54 Å². The van der Waals surface area contributed by atoms with Gasteiger partial charge in [-0.15, -0.1) is 11.3 Å². The van der Waals surface area contributed by atoms with Crippen LogP contribution in [0.5, 0.6) is 5.75 Å². The van der Waals surface area contributed by atoms with Crippen molar-refractivity contribution < 1.29 is 4.74 Å². The minimum atomic E-state index is 0.660. The first-order valence-corrected chi connectivity index (χ1v) is 6.72. The van der Waals surface area contributed by atoms with Crippen LogP contribution in [-0.2, 0) is 6.54 Å². The van der Waals surface area contributed by atoms with Crippen LogP contribution < -0.4 is 10.1 Å². The SMILES string of the molecule is Clc1ccc(OCCNCc2cccs2)cc1. The summed E-state index contributed by atoms with van der Waals surface area (Å²) in [6.07, 6.45) is 0. The fraction of sp³-hybridized carbons (Fsp3) is 0.231. The highest BCUT2D eigenvalue weighted by Crippen LogP contribution is 2.15. The van der Waals surface area contributed by atoms with Gasteiger partial charge in [-0.3, -0.25) is 0 Å². The van der Waals surface area contributed by atoms with E-state index >= 15 is 0 Å². The molecule has 0 atom stereocenters. The summed E-state index contributed by atoms with van der Waals surface area (Å²) in [6, 6.07) is 11.6. The summed E-state index contributed by atoms with van der Waals surface area (Å²) in [5, 5.41) is 6.14. The fourth-order valence-electron chi connectivity index (χ4n) is 1.40. The Labute approximate surface area is 110 Å². The van der Waals surface area contributed by atoms with E-state index in [2.05, 4.69) is 22.8 Å². The molecule has 0 bridgehead atoms. The van der Waals surface area contributed by atoms with E-state index in [-0.39, 0.29) is 0 Å². The zero-order valence-corrected chi connectivity index (χ0v) is 10.9. The first-order valence-electron chi connectivity index (χ1n) is 5.46. The number of hydrogen-bond donors (Lipinski definition) is 1. The Hall–Kier alpha value is -1.03. The van der Waals surface area contributed by atoms with Crippen molar-refractivity contribution in [2.75, 3.05) is 13.2 Å². The molecule has 2 rings (SSSR count). The Balaban J connectivity index is 1.61. The van der Waals surface area contributed by atoms with Gasteiger partial charge in [-0.25, -0.2) is 0 Å². The van der Waals surface area contributed by atoms with E-state index in [1.54, 1.807) is 11.3 Å². The van der Waals surface area contributed by atoms with Gasteiger partial charge in [-0.1, -0.05) is 17.7 Å². The zero-order chi connectivity index (χ0) is 11.9. The van der Waals surface area contributed by atoms with Gasteiger partial charge in [0.1, 0.15) is 12.4 Å². The predicted octanol–water partition coefficient (Wildman–Crippen LogP) is 3.57. The van der Waals surface area contributed by atoms with Crippen LogP contribution in [-0.4, -0.2) is 13.2 Å². The molecule has 2 aromatic rings. The van der Waals surface area contributed by atoms with Gasteiger partial charge in [-0.2, -0.15) is 0 Å². The third-order valence-electron chi connectivity index (χ3n) is 2.24. The number of hydrogen-bond acceptors (Lipinski definition) is 3. The molecule has 0 aliphatic heterocycles. The quantitative estimate of drug-likeness (QED) is 0.808. The molecule has 0 aliphatic carbocycles. The average Bonchev–Trinajstić information content (AvgIpc) is 2.84. The molecule has 0 saturated heterocycles. The lowest BCUT2D eigenvalue weighted by molar-refractivity contribution is 0.314. The fourth-order valence-corrected chi connectivity index (χ4v) is 2.20. The first-order chi connectivity index (χ1) is 8.34. The molecule has 1 N–H and O–H groups in total. The maximum Gasteiger partial charge on any atom is 0.119 e. The largest absolute Gasteiger partial charge is 0.492 e. The van der Waals surface area contributed by atoms with Gasteiger partial charge in [0.15, 0.2) is 0 Å². The van der Waals surface area contributed by atoms with Gasteiger partial charge >= 0.3 is 0 Å². The number of halogens is 1. The summed E-state index contributed by atoms with van der Waals surface area (Å²) in [6.45, 7) is 2.40. The molecule has 4 heteroatoms. The van der Waals surface area contributed by atoms with Crippen molar-refractivity contribution in [3.05, 3.63) is 51.7 Å². The lowest BCUT2D eigenvalue weighted by Crippen LogP contribution is -2.20. The smallest absolute Gasteiger partial charge is 0.119 e. The van der Waals surface area contributed by atoms with Crippen LogP contribution in [0.1, 0.15) is 4.88 Å². The minimum Gasteiger partial charge on any atom is -0.492 e. The third kappa shape index (κ3) is 4.38. The molecular formula is C13H14ClNOS. The third-order valence-corrected chi connectivity index (χ3v) is 3.37. The Morgan fingerprint density at radius 3 is 2.71 bits per heavy atom.